The van der Waals surface area contributed by atoms with Crippen LogP contribution in [0, 0.1) is 5.41 Å². The van der Waals surface area contributed by atoms with Crippen molar-refractivity contribution < 1.29 is 19.4 Å². The molecule has 2 amide bonds. The van der Waals surface area contributed by atoms with E-state index in [0.29, 0.717) is 19.6 Å². The van der Waals surface area contributed by atoms with Crippen molar-refractivity contribution in [2.24, 2.45) is 5.41 Å². The summed E-state index contributed by atoms with van der Waals surface area (Å²) in [7, 11) is 1.60. The van der Waals surface area contributed by atoms with Gasteiger partial charge in [-0.15, -0.1) is 0 Å². The summed E-state index contributed by atoms with van der Waals surface area (Å²) in [4.78, 5) is 24.8. The van der Waals surface area contributed by atoms with Gasteiger partial charge in [-0.05, 0) is 19.8 Å². The molecule has 1 aliphatic heterocycles. The largest absolute Gasteiger partial charge is 0.481 e. The lowest BCUT2D eigenvalue weighted by molar-refractivity contribution is -0.147. The number of nitrogens with zero attached hydrogens (tertiary/aromatic N) is 1. The zero-order valence-corrected chi connectivity index (χ0v) is 11.9. The number of hydrogen-bond acceptors (Lipinski definition) is 3. The first-order valence-electron chi connectivity index (χ1n) is 6.70. The van der Waals surface area contributed by atoms with Gasteiger partial charge in [0.05, 0.1) is 18.1 Å². The third-order valence-corrected chi connectivity index (χ3v) is 3.61. The van der Waals surface area contributed by atoms with Crippen LogP contribution in [0.1, 0.15) is 33.1 Å². The average Bonchev–Trinajstić information content (AvgIpc) is 2.74. The second-order valence-corrected chi connectivity index (χ2v) is 5.43. The van der Waals surface area contributed by atoms with Crippen LogP contribution < -0.4 is 5.32 Å². The summed E-state index contributed by atoms with van der Waals surface area (Å²) in [6, 6.07) is -0.209. The molecule has 1 saturated heterocycles. The van der Waals surface area contributed by atoms with Gasteiger partial charge in [0.15, 0.2) is 0 Å². The fraction of sp³-hybridized carbons (Fsp3) is 0.846. The third kappa shape index (κ3) is 4.09. The highest BCUT2D eigenvalue weighted by Gasteiger charge is 2.42. The highest BCUT2D eigenvalue weighted by atomic mass is 16.5. The van der Waals surface area contributed by atoms with Gasteiger partial charge in [0.2, 0.25) is 0 Å². The molecule has 0 aromatic rings. The van der Waals surface area contributed by atoms with Crippen LogP contribution in [0.2, 0.25) is 0 Å². The summed E-state index contributed by atoms with van der Waals surface area (Å²) in [6.07, 6.45) is 2.31. The summed E-state index contributed by atoms with van der Waals surface area (Å²) in [5.41, 5.74) is -0.821. The van der Waals surface area contributed by atoms with Crippen molar-refractivity contribution in [3.63, 3.8) is 0 Å². The van der Waals surface area contributed by atoms with E-state index in [9.17, 15) is 9.59 Å². The Kier molecular flexibility index (Phi) is 5.60. The first-order valence-corrected chi connectivity index (χ1v) is 6.70. The van der Waals surface area contributed by atoms with Gasteiger partial charge in [0, 0.05) is 20.2 Å². The summed E-state index contributed by atoms with van der Waals surface area (Å²) in [5, 5.41) is 12.1. The number of carbonyl (C=O) groups is 2. The number of carbonyl (C=O) groups excluding carboxylic acids is 1. The second-order valence-electron chi connectivity index (χ2n) is 5.43. The van der Waals surface area contributed by atoms with E-state index in [1.807, 2.05) is 6.92 Å². The van der Waals surface area contributed by atoms with Crippen molar-refractivity contribution in [3.8, 4) is 0 Å². The highest BCUT2D eigenvalue weighted by molar-refractivity contribution is 5.79. The zero-order chi connectivity index (χ0) is 14.5. The lowest BCUT2D eigenvalue weighted by atomic mass is 9.90. The molecule has 0 aliphatic carbocycles. The normalized spacial score (nSPS) is 24.3. The molecular formula is C13H24N2O4. The van der Waals surface area contributed by atoms with E-state index in [-0.39, 0.29) is 18.6 Å². The van der Waals surface area contributed by atoms with Crippen LogP contribution >= 0.6 is 0 Å². The molecule has 2 unspecified atom stereocenters. The van der Waals surface area contributed by atoms with Gasteiger partial charge in [-0.1, -0.05) is 13.3 Å². The van der Waals surface area contributed by atoms with Crippen LogP contribution in [-0.2, 0) is 9.53 Å². The summed E-state index contributed by atoms with van der Waals surface area (Å²) < 4.78 is 5.07. The van der Waals surface area contributed by atoms with Gasteiger partial charge in [0.1, 0.15) is 0 Å². The topological polar surface area (TPSA) is 78.9 Å². The van der Waals surface area contributed by atoms with E-state index in [1.165, 1.54) is 0 Å². The van der Waals surface area contributed by atoms with E-state index in [1.54, 1.807) is 18.9 Å². The Morgan fingerprint density at radius 2 is 2.21 bits per heavy atom. The molecule has 0 radical (unpaired) electrons. The highest BCUT2D eigenvalue weighted by Crippen LogP contribution is 2.30. The third-order valence-electron chi connectivity index (χ3n) is 3.61. The molecule has 1 aliphatic rings. The van der Waals surface area contributed by atoms with Crippen LogP contribution in [0.25, 0.3) is 0 Å². The average molecular weight is 272 g/mol. The minimum atomic E-state index is -0.843. The predicted molar refractivity (Wildman–Crippen MR) is 71.0 cm³/mol. The van der Waals surface area contributed by atoms with Crippen LogP contribution in [-0.4, -0.2) is 54.9 Å². The number of likely N-dealkylation sites (tertiary alicyclic amines) is 1. The number of ether oxygens (including phenoxy) is 1. The fourth-order valence-corrected chi connectivity index (χ4v) is 2.32. The number of rotatable bonds is 6. The van der Waals surface area contributed by atoms with Crippen molar-refractivity contribution in [1.29, 1.82) is 0 Å². The van der Waals surface area contributed by atoms with Crippen molar-refractivity contribution in [2.45, 2.75) is 39.2 Å². The molecule has 1 rings (SSSR count). The van der Waals surface area contributed by atoms with Gasteiger partial charge in [0.25, 0.3) is 0 Å². The van der Waals surface area contributed by atoms with Gasteiger partial charge in [-0.3, -0.25) is 4.79 Å². The number of amides is 2. The van der Waals surface area contributed by atoms with E-state index < -0.39 is 11.4 Å². The van der Waals surface area contributed by atoms with Crippen LogP contribution in [0.4, 0.5) is 4.79 Å². The van der Waals surface area contributed by atoms with Crippen molar-refractivity contribution in [1.82, 2.24) is 10.2 Å². The molecule has 110 valence electrons. The van der Waals surface area contributed by atoms with Crippen LogP contribution in [0.3, 0.4) is 0 Å². The van der Waals surface area contributed by atoms with Gasteiger partial charge < -0.3 is 20.1 Å². The Hall–Kier alpha value is -1.30. The zero-order valence-electron chi connectivity index (χ0n) is 11.9. The molecular weight excluding hydrogens is 248 g/mol. The number of carboxylic acids is 1. The van der Waals surface area contributed by atoms with E-state index in [2.05, 4.69) is 5.32 Å². The van der Waals surface area contributed by atoms with Crippen molar-refractivity contribution in [2.75, 3.05) is 26.8 Å². The molecule has 0 aromatic heterocycles. The molecule has 2 N–H and O–H groups in total. The number of hydrogen-bond donors (Lipinski definition) is 2. The minimum Gasteiger partial charge on any atom is -0.481 e. The summed E-state index contributed by atoms with van der Waals surface area (Å²) in [5.74, 6) is -0.843. The SMILES string of the molecule is CCCC(COC)NC(=O)N1CCC(C)(C(=O)O)C1. The smallest absolute Gasteiger partial charge is 0.317 e. The Morgan fingerprint density at radius 1 is 1.53 bits per heavy atom. The quantitative estimate of drug-likeness (QED) is 0.764. The standard InChI is InChI=1S/C13H24N2O4/c1-4-5-10(8-19-3)14-12(18)15-7-6-13(2,9-15)11(16)17/h10H,4-9H2,1-3H3,(H,14,18)(H,16,17). The number of methoxy groups -OCH3 is 1. The molecule has 1 fully saturated rings. The van der Waals surface area contributed by atoms with Crippen LogP contribution in [0.15, 0.2) is 0 Å². The molecule has 0 spiro atoms. The first-order chi connectivity index (χ1) is 8.92. The van der Waals surface area contributed by atoms with Gasteiger partial charge in [-0.2, -0.15) is 0 Å². The number of aliphatic carboxylic acids is 1. The maximum atomic E-state index is 12.1. The number of carboxylic acid groups (broad SMARTS) is 1. The molecule has 6 heteroatoms. The molecule has 0 aromatic carbocycles. The lowest BCUT2D eigenvalue weighted by Crippen LogP contribution is -2.46. The number of nitrogens with one attached hydrogen (secondary N) is 1. The van der Waals surface area contributed by atoms with Crippen molar-refractivity contribution in [3.05, 3.63) is 0 Å². The summed E-state index contributed by atoms with van der Waals surface area (Å²) >= 11 is 0. The second kappa shape index (κ2) is 6.75. The fourth-order valence-electron chi connectivity index (χ4n) is 2.32. The summed E-state index contributed by atoms with van der Waals surface area (Å²) in [6.45, 7) is 4.96. The Bertz CT molecular complexity index is 329. The Morgan fingerprint density at radius 3 is 2.68 bits per heavy atom. The molecule has 19 heavy (non-hydrogen) atoms. The van der Waals surface area contributed by atoms with Crippen molar-refractivity contribution >= 4 is 12.0 Å². The Labute approximate surface area is 114 Å². The molecule has 1 heterocycles. The molecule has 0 bridgehead atoms. The van der Waals surface area contributed by atoms with E-state index in [4.69, 9.17) is 9.84 Å². The first kappa shape index (κ1) is 15.8. The predicted octanol–water partition coefficient (Wildman–Crippen LogP) is 1.31. The van der Waals surface area contributed by atoms with Gasteiger partial charge in [-0.25, -0.2) is 4.79 Å². The monoisotopic (exact) mass is 272 g/mol. The number of urea groups is 1. The molecule has 0 saturated carbocycles. The minimum absolute atomic E-state index is 0.0146. The lowest BCUT2D eigenvalue weighted by Gasteiger charge is -2.24. The Balaban J connectivity index is 2.52. The maximum absolute atomic E-state index is 12.1. The molecule has 6 nitrogen and oxygen atoms in total. The van der Waals surface area contributed by atoms with Gasteiger partial charge >= 0.3 is 12.0 Å². The van der Waals surface area contributed by atoms with Crippen LogP contribution in [0.5, 0.6) is 0 Å². The van der Waals surface area contributed by atoms with E-state index in [0.717, 1.165) is 12.8 Å². The maximum Gasteiger partial charge on any atom is 0.317 e. The molecule has 2 atom stereocenters. The van der Waals surface area contributed by atoms with E-state index >= 15 is 0 Å².